The number of rotatable bonds is 0. The van der Waals surface area contributed by atoms with Crippen LogP contribution in [-0.2, 0) is 0 Å². The lowest BCUT2D eigenvalue weighted by atomic mass is 10.2. The molecule has 0 aliphatic heterocycles. The van der Waals surface area contributed by atoms with E-state index in [0.717, 1.165) is 5.56 Å². The molecule has 1 aromatic carbocycles. The zero-order chi connectivity index (χ0) is 8.85. The van der Waals surface area contributed by atoms with Crippen LogP contribution in [0.2, 0.25) is 0 Å². The summed E-state index contributed by atoms with van der Waals surface area (Å²) in [6.07, 6.45) is 0. The summed E-state index contributed by atoms with van der Waals surface area (Å²) in [6.45, 7) is 1.94. The first-order valence-corrected chi connectivity index (χ1v) is 3.02. The Morgan fingerprint density at radius 2 is 1.73 bits per heavy atom. The van der Waals surface area contributed by atoms with Gasteiger partial charge >= 0.3 is 0 Å². The Balaban J connectivity index is 0.000000461. The van der Waals surface area contributed by atoms with Crippen molar-refractivity contribution in [2.75, 3.05) is 11.5 Å². The molecule has 0 aliphatic carbocycles. The SMILES string of the molecule is Cc1cccc(N)c1N.OO. The maximum absolute atomic E-state index is 6.00. The largest absolute Gasteiger partial charge is 0.397 e. The molecule has 0 fully saturated rings. The molecule has 0 unspecified atom stereocenters. The first-order valence-electron chi connectivity index (χ1n) is 3.02. The van der Waals surface area contributed by atoms with Crippen molar-refractivity contribution in [3.63, 3.8) is 0 Å². The molecule has 0 heterocycles. The second-order valence-corrected chi connectivity index (χ2v) is 2.08. The molecule has 0 radical (unpaired) electrons. The highest BCUT2D eigenvalue weighted by atomic mass is 17.0. The summed E-state index contributed by atoms with van der Waals surface area (Å²) in [6, 6.07) is 5.62. The average Bonchev–Trinajstić information content (AvgIpc) is 2.04. The van der Waals surface area contributed by atoms with E-state index in [4.69, 9.17) is 22.0 Å². The van der Waals surface area contributed by atoms with Crippen LogP contribution in [0.3, 0.4) is 0 Å². The van der Waals surface area contributed by atoms with Crippen molar-refractivity contribution in [3.8, 4) is 0 Å². The van der Waals surface area contributed by atoms with Crippen molar-refractivity contribution in [2.45, 2.75) is 6.92 Å². The van der Waals surface area contributed by atoms with E-state index < -0.39 is 0 Å². The number of hydrogen-bond donors (Lipinski definition) is 4. The smallest absolute Gasteiger partial charge is 0.0577 e. The first kappa shape index (κ1) is 9.74. The molecule has 0 bridgehead atoms. The quantitative estimate of drug-likeness (QED) is 0.258. The van der Waals surface area contributed by atoms with Crippen LogP contribution in [0, 0.1) is 6.92 Å². The minimum atomic E-state index is 0.662. The van der Waals surface area contributed by atoms with Crippen LogP contribution in [0.4, 0.5) is 11.4 Å². The van der Waals surface area contributed by atoms with Crippen LogP contribution < -0.4 is 11.5 Å². The van der Waals surface area contributed by atoms with Crippen molar-refractivity contribution < 1.29 is 10.5 Å². The van der Waals surface area contributed by atoms with Gasteiger partial charge in [0, 0.05) is 0 Å². The van der Waals surface area contributed by atoms with Gasteiger partial charge in [0.05, 0.1) is 11.4 Å². The van der Waals surface area contributed by atoms with Crippen LogP contribution in [0.25, 0.3) is 0 Å². The Kier molecular flexibility index (Phi) is 4.02. The van der Waals surface area contributed by atoms with E-state index in [1.807, 2.05) is 19.1 Å². The Bertz CT molecular complexity index is 205. The fourth-order valence-electron chi connectivity index (χ4n) is 0.703. The minimum absolute atomic E-state index is 0.662. The fraction of sp³-hybridized carbons (Fsp3) is 0.143. The number of hydrogen-bond acceptors (Lipinski definition) is 4. The summed E-state index contributed by atoms with van der Waals surface area (Å²) in [5.41, 5.74) is 13.4. The molecular formula is C7H12N2O2. The lowest BCUT2D eigenvalue weighted by molar-refractivity contribution is -0.176. The summed E-state index contributed by atoms with van der Waals surface area (Å²) in [7, 11) is 0. The third-order valence-corrected chi connectivity index (χ3v) is 1.36. The predicted molar refractivity (Wildman–Crippen MR) is 45.3 cm³/mol. The molecule has 1 aromatic rings. The third kappa shape index (κ3) is 2.45. The van der Waals surface area contributed by atoms with Gasteiger partial charge in [-0.15, -0.1) is 0 Å². The maximum atomic E-state index is 6.00. The molecule has 62 valence electrons. The molecule has 0 amide bonds. The maximum Gasteiger partial charge on any atom is 0.0577 e. The second kappa shape index (κ2) is 4.54. The molecule has 0 saturated carbocycles. The Morgan fingerprint density at radius 3 is 2.09 bits per heavy atom. The lowest BCUT2D eigenvalue weighted by Crippen LogP contribution is -1.95. The minimum Gasteiger partial charge on any atom is -0.397 e. The van der Waals surface area contributed by atoms with Crippen LogP contribution >= 0.6 is 0 Å². The molecule has 0 aliphatic rings. The number of nitrogens with two attached hydrogens (primary N) is 2. The summed E-state index contributed by atoms with van der Waals surface area (Å²) in [5, 5.41) is 12.0. The van der Waals surface area contributed by atoms with E-state index in [1.54, 1.807) is 6.07 Å². The number of benzene rings is 1. The van der Waals surface area contributed by atoms with Gasteiger partial charge in [0.1, 0.15) is 0 Å². The van der Waals surface area contributed by atoms with Gasteiger partial charge in [-0.1, -0.05) is 12.1 Å². The van der Waals surface area contributed by atoms with Crippen LogP contribution in [-0.4, -0.2) is 10.5 Å². The van der Waals surface area contributed by atoms with E-state index >= 15 is 0 Å². The van der Waals surface area contributed by atoms with Crippen molar-refractivity contribution >= 4 is 11.4 Å². The van der Waals surface area contributed by atoms with Crippen LogP contribution in [0.1, 0.15) is 5.56 Å². The number of aryl methyl sites for hydroxylation is 1. The Hall–Kier alpha value is -1.26. The molecule has 1 rings (SSSR count). The van der Waals surface area contributed by atoms with E-state index in [2.05, 4.69) is 0 Å². The normalized spacial score (nSPS) is 8.27. The molecule has 4 heteroatoms. The van der Waals surface area contributed by atoms with Gasteiger partial charge in [-0.05, 0) is 18.6 Å². The second-order valence-electron chi connectivity index (χ2n) is 2.08. The molecule has 0 spiro atoms. The topological polar surface area (TPSA) is 92.5 Å². The first-order chi connectivity index (χ1) is 5.22. The predicted octanol–water partition coefficient (Wildman–Crippen LogP) is 1.18. The van der Waals surface area contributed by atoms with Gasteiger partial charge in [0.25, 0.3) is 0 Å². The monoisotopic (exact) mass is 156 g/mol. The van der Waals surface area contributed by atoms with Gasteiger partial charge in [-0.3, -0.25) is 10.5 Å². The van der Waals surface area contributed by atoms with Crippen molar-refractivity contribution in [3.05, 3.63) is 23.8 Å². The summed E-state index contributed by atoms with van der Waals surface area (Å²) in [4.78, 5) is 0. The summed E-state index contributed by atoms with van der Waals surface area (Å²) >= 11 is 0. The van der Waals surface area contributed by atoms with Crippen molar-refractivity contribution in [2.24, 2.45) is 0 Å². The molecule has 4 nitrogen and oxygen atoms in total. The zero-order valence-corrected chi connectivity index (χ0v) is 6.28. The molecular weight excluding hydrogens is 144 g/mol. The highest BCUT2D eigenvalue weighted by molar-refractivity contribution is 5.66. The molecule has 6 N–H and O–H groups in total. The number of para-hydroxylation sites is 1. The van der Waals surface area contributed by atoms with Crippen LogP contribution in [0.5, 0.6) is 0 Å². The molecule has 11 heavy (non-hydrogen) atoms. The van der Waals surface area contributed by atoms with E-state index in [1.165, 1.54) is 0 Å². The van der Waals surface area contributed by atoms with Gasteiger partial charge < -0.3 is 11.5 Å². The van der Waals surface area contributed by atoms with Gasteiger partial charge in [-0.2, -0.15) is 0 Å². The average molecular weight is 156 g/mol. The molecule has 0 aromatic heterocycles. The number of nitrogen functional groups attached to an aromatic ring is 2. The van der Waals surface area contributed by atoms with E-state index in [9.17, 15) is 0 Å². The molecule has 0 saturated heterocycles. The number of anilines is 2. The van der Waals surface area contributed by atoms with Gasteiger partial charge in [0.2, 0.25) is 0 Å². The highest BCUT2D eigenvalue weighted by Crippen LogP contribution is 2.17. The zero-order valence-electron chi connectivity index (χ0n) is 6.28. The van der Waals surface area contributed by atoms with E-state index in [-0.39, 0.29) is 0 Å². The molecule has 0 atom stereocenters. The third-order valence-electron chi connectivity index (χ3n) is 1.36. The summed E-state index contributed by atoms with van der Waals surface area (Å²) in [5.74, 6) is 0. The lowest BCUT2D eigenvalue weighted by Gasteiger charge is -2.00. The van der Waals surface area contributed by atoms with E-state index in [0.29, 0.717) is 11.4 Å². The Labute approximate surface area is 65.0 Å². The van der Waals surface area contributed by atoms with Crippen LogP contribution in [0.15, 0.2) is 18.2 Å². The van der Waals surface area contributed by atoms with Gasteiger partial charge in [0.15, 0.2) is 0 Å². The van der Waals surface area contributed by atoms with Crippen molar-refractivity contribution in [1.82, 2.24) is 0 Å². The summed E-state index contributed by atoms with van der Waals surface area (Å²) < 4.78 is 0. The highest BCUT2D eigenvalue weighted by Gasteiger charge is 1.93. The Morgan fingerprint density at radius 1 is 1.18 bits per heavy atom. The van der Waals surface area contributed by atoms with Crippen molar-refractivity contribution in [1.29, 1.82) is 0 Å². The fourth-order valence-corrected chi connectivity index (χ4v) is 0.703. The van der Waals surface area contributed by atoms with Gasteiger partial charge in [-0.25, -0.2) is 0 Å². The standard InChI is InChI=1S/C7H10N2.H2O2/c1-5-3-2-4-6(8)7(5)9;1-2/h2-4H,8-9H2,1H3;1-2H.